The number of pyridine rings is 1. The molecule has 3 N–H and O–H groups in total. The van der Waals surface area contributed by atoms with Gasteiger partial charge >= 0.3 is 17.9 Å². The molecule has 0 aliphatic carbocycles. The first-order valence-electron chi connectivity index (χ1n) is 12.0. The first-order chi connectivity index (χ1) is 18.1. The van der Waals surface area contributed by atoms with Crippen LogP contribution in [0.25, 0.3) is 0 Å². The second kappa shape index (κ2) is 16.4. The molecule has 1 aromatic heterocycles. The van der Waals surface area contributed by atoms with Gasteiger partial charge in [0.15, 0.2) is 0 Å². The number of carboxylic acid groups (broad SMARTS) is 3. The van der Waals surface area contributed by atoms with Crippen molar-refractivity contribution >= 4 is 29.7 Å². The minimum absolute atomic E-state index is 0.134. The average Bonchev–Trinajstić information content (AvgIpc) is 2.83. The number of likely N-dealkylation sites (N-methyl/N-ethyl adjacent to an activating group) is 1. The van der Waals surface area contributed by atoms with Gasteiger partial charge in [-0.05, 0) is 68.0 Å². The van der Waals surface area contributed by atoms with Gasteiger partial charge in [-0.1, -0.05) is 18.2 Å². The van der Waals surface area contributed by atoms with Gasteiger partial charge in [0.1, 0.15) is 5.40 Å². The fourth-order valence-electron chi connectivity index (χ4n) is 3.88. The third-order valence-corrected chi connectivity index (χ3v) is 6.18. The van der Waals surface area contributed by atoms with Gasteiger partial charge in [0.2, 0.25) is 0 Å². The highest BCUT2D eigenvalue weighted by Gasteiger charge is 2.15. The molecule has 0 saturated carbocycles. The first kappa shape index (κ1) is 30.7. The van der Waals surface area contributed by atoms with Crippen molar-refractivity contribution in [3.63, 3.8) is 0 Å². The SMILES string of the molecule is CN(CCN(CC(=O)O)Cc1cccc(CN(CCCc2ccc(SC#N)cc2)CC(=O)O)n1)CC(=O)O. The Morgan fingerprint density at radius 1 is 0.842 bits per heavy atom. The lowest BCUT2D eigenvalue weighted by Crippen LogP contribution is -2.38. The third-order valence-electron chi connectivity index (χ3n) is 5.58. The summed E-state index contributed by atoms with van der Waals surface area (Å²) in [5.74, 6) is -2.88. The van der Waals surface area contributed by atoms with Crippen LogP contribution >= 0.6 is 11.8 Å². The van der Waals surface area contributed by atoms with Crippen LogP contribution in [0.2, 0.25) is 0 Å². The summed E-state index contributed by atoms with van der Waals surface area (Å²) in [6, 6.07) is 13.1. The van der Waals surface area contributed by atoms with E-state index in [0.717, 1.165) is 35.1 Å². The van der Waals surface area contributed by atoms with E-state index in [2.05, 4.69) is 4.98 Å². The number of aliphatic carboxylic acids is 3. The highest BCUT2D eigenvalue weighted by Crippen LogP contribution is 2.17. The number of carbonyl (C=O) groups is 3. The van der Waals surface area contributed by atoms with Crippen molar-refractivity contribution in [2.45, 2.75) is 30.8 Å². The highest BCUT2D eigenvalue weighted by atomic mass is 32.2. The predicted octanol–water partition coefficient (Wildman–Crippen LogP) is 2.08. The van der Waals surface area contributed by atoms with Crippen LogP contribution in [0.3, 0.4) is 0 Å². The number of aryl methyl sites for hydroxylation is 1. The van der Waals surface area contributed by atoms with E-state index in [1.165, 1.54) is 0 Å². The van der Waals surface area contributed by atoms with Crippen LogP contribution in [0, 0.1) is 10.7 Å². The van der Waals surface area contributed by atoms with Gasteiger partial charge in [0.05, 0.1) is 31.0 Å². The zero-order chi connectivity index (χ0) is 27.9. The summed E-state index contributed by atoms with van der Waals surface area (Å²) < 4.78 is 0. The van der Waals surface area contributed by atoms with Gasteiger partial charge in [-0.15, -0.1) is 0 Å². The molecule has 2 aromatic rings. The fraction of sp³-hybridized carbons (Fsp3) is 0.423. The van der Waals surface area contributed by atoms with Crippen LogP contribution in [0.1, 0.15) is 23.4 Å². The molecule has 0 spiro atoms. The van der Waals surface area contributed by atoms with E-state index < -0.39 is 17.9 Å². The van der Waals surface area contributed by atoms with Gasteiger partial charge < -0.3 is 15.3 Å². The predicted molar refractivity (Wildman–Crippen MR) is 141 cm³/mol. The van der Waals surface area contributed by atoms with Gasteiger partial charge in [-0.2, -0.15) is 5.26 Å². The number of nitriles is 1. The number of nitrogens with zero attached hydrogens (tertiary/aromatic N) is 5. The number of hydrogen-bond acceptors (Lipinski definition) is 9. The average molecular weight is 544 g/mol. The largest absolute Gasteiger partial charge is 0.480 e. The monoisotopic (exact) mass is 543 g/mol. The zero-order valence-corrected chi connectivity index (χ0v) is 22.1. The summed E-state index contributed by atoms with van der Waals surface area (Å²) in [7, 11) is 1.66. The third kappa shape index (κ3) is 12.6. The number of hydrogen-bond donors (Lipinski definition) is 3. The van der Waals surface area contributed by atoms with Crippen LogP contribution in [-0.2, 0) is 33.9 Å². The van der Waals surface area contributed by atoms with Crippen molar-refractivity contribution in [2.75, 3.05) is 46.3 Å². The summed E-state index contributed by atoms with van der Waals surface area (Å²) in [5.41, 5.74) is 2.44. The maximum Gasteiger partial charge on any atom is 0.317 e. The Hall–Kier alpha value is -3.50. The summed E-state index contributed by atoms with van der Waals surface area (Å²) in [6.07, 6.45) is 1.51. The molecule has 204 valence electrons. The lowest BCUT2D eigenvalue weighted by molar-refractivity contribution is -0.140. The van der Waals surface area contributed by atoms with Crippen LogP contribution in [-0.4, -0.2) is 99.2 Å². The van der Waals surface area contributed by atoms with E-state index in [1.807, 2.05) is 46.7 Å². The molecule has 0 aliphatic rings. The topological polar surface area (TPSA) is 158 Å². The van der Waals surface area contributed by atoms with E-state index >= 15 is 0 Å². The van der Waals surface area contributed by atoms with E-state index in [-0.39, 0.29) is 26.2 Å². The Labute approximate surface area is 226 Å². The van der Waals surface area contributed by atoms with Gasteiger partial charge in [0, 0.05) is 31.1 Å². The summed E-state index contributed by atoms with van der Waals surface area (Å²) in [4.78, 5) is 44.3. The Bertz CT molecular complexity index is 1110. The zero-order valence-electron chi connectivity index (χ0n) is 21.3. The number of rotatable bonds is 18. The van der Waals surface area contributed by atoms with Crippen molar-refractivity contribution in [1.82, 2.24) is 19.7 Å². The summed E-state index contributed by atoms with van der Waals surface area (Å²) in [5, 5.41) is 38.4. The molecular formula is C26H33N5O6S. The van der Waals surface area contributed by atoms with E-state index in [4.69, 9.17) is 10.4 Å². The number of thioether (sulfide) groups is 1. The standard InChI is InChI=1S/C26H33N5O6S/c1-29(16-24(32)33)12-13-31(18-26(36)37)15-22-6-2-5-21(28-22)14-30(17-25(34)35)11-3-4-20-7-9-23(10-8-20)38-19-27/h2,5-10H,3-4,11-18H2,1H3,(H,32,33)(H,34,35)(H,36,37). The molecule has 2 rings (SSSR count). The second-order valence-electron chi connectivity index (χ2n) is 8.90. The molecule has 0 aliphatic heterocycles. The van der Waals surface area contributed by atoms with Crippen LogP contribution in [0.15, 0.2) is 47.4 Å². The smallest absolute Gasteiger partial charge is 0.317 e. The number of thiocyanates is 1. The molecule has 1 heterocycles. The molecule has 38 heavy (non-hydrogen) atoms. The fourth-order valence-corrected chi connectivity index (χ4v) is 4.26. The Morgan fingerprint density at radius 3 is 1.92 bits per heavy atom. The maximum absolute atomic E-state index is 11.4. The van der Waals surface area contributed by atoms with Gasteiger partial charge in [-0.3, -0.25) is 34.1 Å². The Morgan fingerprint density at radius 2 is 1.39 bits per heavy atom. The number of carboxylic acids is 3. The number of aromatic nitrogens is 1. The van der Waals surface area contributed by atoms with E-state index in [1.54, 1.807) is 22.9 Å². The Balaban J connectivity index is 1.98. The van der Waals surface area contributed by atoms with Crippen LogP contribution in [0.4, 0.5) is 0 Å². The van der Waals surface area contributed by atoms with Crippen molar-refractivity contribution in [3.8, 4) is 5.40 Å². The Kier molecular flexibility index (Phi) is 13.2. The lowest BCUT2D eigenvalue weighted by Gasteiger charge is -2.24. The molecule has 0 unspecified atom stereocenters. The molecule has 0 fully saturated rings. The van der Waals surface area contributed by atoms with Gasteiger partial charge in [0.25, 0.3) is 0 Å². The molecule has 1 aromatic carbocycles. The molecular weight excluding hydrogens is 510 g/mol. The number of benzene rings is 1. The second-order valence-corrected chi connectivity index (χ2v) is 9.76. The molecule has 0 radical (unpaired) electrons. The maximum atomic E-state index is 11.4. The molecule has 0 amide bonds. The van der Waals surface area contributed by atoms with Crippen molar-refractivity contribution in [1.29, 1.82) is 5.26 Å². The quantitative estimate of drug-likeness (QED) is 0.186. The van der Waals surface area contributed by atoms with Crippen LogP contribution in [0.5, 0.6) is 0 Å². The molecule has 12 heteroatoms. The first-order valence-corrected chi connectivity index (χ1v) is 12.8. The van der Waals surface area contributed by atoms with Crippen molar-refractivity contribution in [3.05, 3.63) is 59.4 Å². The van der Waals surface area contributed by atoms with E-state index in [9.17, 15) is 24.6 Å². The summed E-state index contributed by atoms with van der Waals surface area (Å²) >= 11 is 1.10. The van der Waals surface area contributed by atoms with Crippen LogP contribution < -0.4 is 0 Å². The molecule has 0 atom stereocenters. The summed E-state index contributed by atoms with van der Waals surface area (Å²) in [6.45, 7) is 1.39. The normalized spacial score (nSPS) is 11.1. The van der Waals surface area contributed by atoms with E-state index in [0.29, 0.717) is 37.6 Å². The lowest BCUT2D eigenvalue weighted by atomic mass is 10.1. The van der Waals surface area contributed by atoms with Crippen molar-refractivity contribution < 1.29 is 29.7 Å². The minimum Gasteiger partial charge on any atom is -0.480 e. The molecule has 0 bridgehead atoms. The minimum atomic E-state index is -0.992. The molecule has 0 saturated heterocycles. The highest BCUT2D eigenvalue weighted by molar-refractivity contribution is 8.03. The molecule has 11 nitrogen and oxygen atoms in total. The van der Waals surface area contributed by atoms with Crippen molar-refractivity contribution in [2.24, 2.45) is 0 Å². The van der Waals surface area contributed by atoms with Gasteiger partial charge in [-0.25, -0.2) is 0 Å².